The van der Waals surface area contributed by atoms with Gasteiger partial charge >= 0.3 is 0 Å². The Morgan fingerprint density at radius 1 is 1.44 bits per heavy atom. The number of hydrogen-bond donors (Lipinski definition) is 1. The quantitative estimate of drug-likeness (QED) is 0.940. The van der Waals surface area contributed by atoms with Gasteiger partial charge in [-0.15, -0.1) is 0 Å². The van der Waals surface area contributed by atoms with Crippen molar-refractivity contribution in [1.29, 1.82) is 0 Å². The second kappa shape index (κ2) is 5.54. The summed E-state index contributed by atoms with van der Waals surface area (Å²) in [4.78, 5) is 0. The van der Waals surface area contributed by atoms with Crippen LogP contribution in [0.3, 0.4) is 0 Å². The van der Waals surface area contributed by atoms with Gasteiger partial charge in [-0.05, 0) is 31.5 Å². The molecule has 1 aromatic carbocycles. The van der Waals surface area contributed by atoms with Crippen molar-refractivity contribution in [3.8, 4) is 11.5 Å². The van der Waals surface area contributed by atoms with Crippen LogP contribution in [0.25, 0.3) is 0 Å². The van der Waals surface area contributed by atoms with Gasteiger partial charge in [0.1, 0.15) is 5.75 Å². The summed E-state index contributed by atoms with van der Waals surface area (Å²) in [5, 5.41) is 4.16. The lowest BCUT2D eigenvalue weighted by atomic mass is 10.1. The molecule has 0 saturated carbocycles. The summed E-state index contributed by atoms with van der Waals surface area (Å²) in [5.74, 6) is 1.50. The first-order valence-electron chi connectivity index (χ1n) is 5.85. The molecule has 0 aliphatic heterocycles. The first kappa shape index (κ1) is 13.1. The number of aryl methyl sites for hydroxylation is 1. The normalized spacial score (nSPS) is 12.4. The Morgan fingerprint density at radius 2 is 2.22 bits per heavy atom. The number of hydrogen-bond acceptors (Lipinski definition) is 3. The third kappa shape index (κ3) is 2.91. The van der Waals surface area contributed by atoms with Crippen LogP contribution in [-0.4, -0.2) is 9.78 Å². The first-order chi connectivity index (χ1) is 8.60. The molecule has 0 fully saturated rings. The van der Waals surface area contributed by atoms with Crippen LogP contribution in [0.1, 0.15) is 25.5 Å². The van der Waals surface area contributed by atoms with E-state index in [0.717, 1.165) is 28.1 Å². The number of aromatic nitrogens is 2. The Balaban J connectivity index is 2.17. The van der Waals surface area contributed by atoms with Crippen molar-refractivity contribution < 1.29 is 4.74 Å². The predicted octanol–water partition coefficient (Wildman–Crippen LogP) is 3.48. The van der Waals surface area contributed by atoms with Gasteiger partial charge in [0.15, 0.2) is 5.75 Å². The summed E-state index contributed by atoms with van der Waals surface area (Å²) in [5.41, 5.74) is 6.92. The van der Waals surface area contributed by atoms with E-state index in [1.807, 2.05) is 42.9 Å². The smallest absolute Gasteiger partial charge is 0.165 e. The lowest BCUT2D eigenvalue weighted by molar-refractivity contribution is 0.480. The number of nitrogens with two attached hydrogens (primary N) is 1. The minimum absolute atomic E-state index is 0.00346. The van der Waals surface area contributed by atoms with E-state index < -0.39 is 0 Å². The minimum Gasteiger partial charge on any atom is -0.454 e. The molecule has 4 nitrogen and oxygen atoms in total. The molecular weight excluding hydrogens is 294 g/mol. The van der Waals surface area contributed by atoms with Gasteiger partial charge in [0.2, 0.25) is 0 Å². The molecule has 0 aliphatic carbocycles. The molecule has 1 aromatic heterocycles. The Morgan fingerprint density at radius 3 is 2.78 bits per heavy atom. The molecule has 0 amide bonds. The molecule has 0 saturated heterocycles. The van der Waals surface area contributed by atoms with Gasteiger partial charge in [0.05, 0.1) is 12.4 Å². The summed E-state index contributed by atoms with van der Waals surface area (Å²) >= 11 is 3.50. The second-order valence-corrected chi connectivity index (χ2v) is 4.96. The van der Waals surface area contributed by atoms with Gasteiger partial charge in [0, 0.05) is 17.1 Å². The predicted molar refractivity (Wildman–Crippen MR) is 74.7 cm³/mol. The lowest BCUT2D eigenvalue weighted by Crippen LogP contribution is -2.05. The fourth-order valence-corrected chi connectivity index (χ4v) is 2.37. The molecule has 0 bridgehead atoms. The van der Waals surface area contributed by atoms with E-state index in [9.17, 15) is 0 Å². The Hall–Kier alpha value is -1.33. The van der Waals surface area contributed by atoms with Crippen molar-refractivity contribution >= 4 is 15.9 Å². The van der Waals surface area contributed by atoms with Crippen LogP contribution in [-0.2, 0) is 6.54 Å². The molecule has 5 heteroatoms. The molecule has 0 spiro atoms. The van der Waals surface area contributed by atoms with Crippen LogP contribution in [0.4, 0.5) is 0 Å². The SMILES string of the molecule is CCn1cc(Oc2ccc([C@@H](C)N)c(Br)c2)cn1. The van der Waals surface area contributed by atoms with Gasteiger partial charge in [0.25, 0.3) is 0 Å². The van der Waals surface area contributed by atoms with Crippen molar-refractivity contribution in [2.24, 2.45) is 5.73 Å². The van der Waals surface area contributed by atoms with Crippen molar-refractivity contribution in [2.75, 3.05) is 0 Å². The van der Waals surface area contributed by atoms with Crippen LogP contribution >= 0.6 is 15.9 Å². The van der Waals surface area contributed by atoms with Gasteiger partial charge in [-0.3, -0.25) is 4.68 Å². The zero-order valence-corrected chi connectivity index (χ0v) is 12.0. The standard InChI is InChI=1S/C13H16BrN3O/c1-3-17-8-11(7-16-17)18-10-4-5-12(9(2)15)13(14)6-10/h4-9H,3,15H2,1-2H3/t9-/m1/s1. The molecule has 0 unspecified atom stereocenters. The van der Waals surface area contributed by atoms with Crippen LogP contribution < -0.4 is 10.5 Å². The Labute approximate surface area is 115 Å². The average Bonchev–Trinajstić information content (AvgIpc) is 2.76. The van der Waals surface area contributed by atoms with Crippen LogP contribution in [0.15, 0.2) is 35.1 Å². The Kier molecular flexibility index (Phi) is 4.04. The summed E-state index contributed by atoms with van der Waals surface area (Å²) in [7, 11) is 0. The first-order valence-corrected chi connectivity index (χ1v) is 6.64. The molecular formula is C13H16BrN3O. The van der Waals surface area contributed by atoms with Crippen LogP contribution in [0.5, 0.6) is 11.5 Å². The third-order valence-electron chi connectivity index (χ3n) is 2.63. The molecule has 96 valence electrons. The fraction of sp³-hybridized carbons (Fsp3) is 0.308. The molecule has 1 atom stereocenters. The van der Waals surface area contributed by atoms with E-state index >= 15 is 0 Å². The maximum Gasteiger partial charge on any atom is 0.165 e. The third-order valence-corrected chi connectivity index (χ3v) is 3.32. The zero-order chi connectivity index (χ0) is 13.1. The number of nitrogens with zero attached hydrogens (tertiary/aromatic N) is 2. The van der Waals surface area contributed by atoms with E-state index in [4.69, 9.17) is 10.5 Å². The van der Waals surface area contributed by atoms with Crippen molar-refractivity contribution in [1.82, 2.24) is 9.78 Å². The van der Waals surface area contributed by atoms with E-state index in [1.165, 1.54) is 0 Å². The van der Waals surface area contributed by atoms with Gasteiger partial charge in [-0.2, -0.15) is 5.10 Å². The maximum absolute atomic E-state index is 5.85. The van der Waals surface area contributed by atoms with Crippen LogP contribution in [0, 0.1) is 0 Å². The minimum atomic E-state index is -0.00346. The Bertz CT molecular complexity index is 537. The maximum atomic E-state index is 5.85. The highest BCUT2D eigenvalue weighted by Crippen LogP contribution is 2.29. The van der Waals surface area contributed by atoms with Crippen LogP contribution in [0.2, 0.25) is 0 Å². The summed E-state index contributed by atoms with van der Waals surface area (Å²) < 4.78 is 8.50. The summed E-state index contributed by atoms with van der Waals surface area (Å²) in [6.45, 7) is 4.81. The highest BCUT2D eigenvalue weighted by atomic mass is 79.9. The lowest BCUT2D eigenvalue weighted by Gasteiger charge is -2.10. The second-order valence-electron chi connectivity index (χ2n) is 4.11. The van der Waals surface area contributed by atoms with E-state index in [0.29, 0.717) is 0 Å². The molecule has 18 heavy (non-hydrogen) atoms. The molecule has 0 radical (unpaired) electrons. The number of benzene rings is 1. The van der Waals surface area contributed by atoms with Crippen molar-refractivity contribution in [3.05, 3.63) is 40.6 Å². The molecule has 0 aliphatic rings. The van der Waals surface area contributed by atoms with E-state index in [-0.39, 0.29) is 6.04 Å². The number of rotatable bonds is 4. The van der Waals surface area contributed by atoms with E-state index in [1.54, 1.807) is 6.20 Å². The van der Waals surface area contributed by atoms with Crippen molar-refractivity contribution in [2.45, 2.75) is 26.4 Å². The van der Waals surface area contributed by atoms with Gasteiger partial charge in [-0.25, -0.2) is 0 Å². The summed E-state index contributed by atoms with van der Waals surface area (Å²) in [6, 6.07) is 5.79. The van der Waals surface area contributed by atoms with Gasteiger partial charge < -0.3 is 10.5 Å². The molecule has 1 heterocycles. The van der Waals surface area contributed by atoms with E-state index in [2.05, 4.69) is 21.0 Å². The highest BCUT2D eigenvalue weighted by Gasteiger charge is 2.07. The zero-order valence-electron chi connectivity index (χ0n) is 10.4. The monoisotopic (exact) mass is 309 g/mol. The topological polar surface area (TPSA) is 53.1 Å². The molecule has 2 rings (SSSR count). The van der Waals surface area contributed by atoms with Gasteiger partial charge in [-0.1, -0.05) is 22.0 Å². The van der Waals surface area contributed by atoms with Crippen molar-refractivity contribution in [3.63, 3.8) is 0 Å². The fourth-order valence-electron chi connectivity index (χ4n) is 1.65. The average molecular weight is 310 g/mol. The number of ether oxygens (including phenoxy) is 1. The summed E-state index contributed by atoms with van der Waals surface area (Å²) in [6.07, 6.45) is 3.57. The molecule has 2 N–H and O–H groups in total. The highest BCUT2D eigenvalue weighted by molar-refractivity contribution is 9.10. The molecule has 2 aromatic rings. The number of halogens is 1. The largest absolute Gasteiger partial charge is 0.454 e.